The minimum atomic E-state index is -0.454. The second kappa shape index (κ2) is 9.19. The number of benzene rings is 1. The van der Waals surface area contributed by atoms with Crippen LogP contribution in [0.1, 0.15) is 64.9 Å². The van der Waals surface area contributed by atoms with E-state index in [0.717, 1.165) is 57.2 Å². The normalized spacial score (nSPS) is 27.2. The van der Waals surface area contributed by atoms with Crippen molar-refractivity contribution in [1.29, 1.82) is 0 Å². The number of likely N-dealkylation sites (tertiary alicyclic amines) is 1. The predicted octanol–water partition coefficient (Wildman–Crippen LogP) is 4.37. The number of ether oxygens (including phenoxy) is 2. The Morgan fingerprint density at radius 2 is 1.55 bits per heavy atom. The minimum Gasteiger partial charge on any atom is -0.461 e. The second-order valence-corrected chi connectivity index (χ2v) is 10.3. The molecule has 3 saturated heterocycles. The molecule has 1 unspecified atom stereocenters. The Labute approximate surface area is 185 Å². The molecule has 1 aromatic rings. The summed E-state index contributed by atoms with van der Waals surface area (Å²) in [4.78, 5) is 29.7. The van der Waals surface area contributed by atoms with E-state index in [2.05, 4.69) is 4.90 Å². The van der Waals surface area contributed by atoms with Crippen LogP contribution in [-0.2, 0) is 20.9 Å². The quantitative estimate of drug-likeness (QED) is 0.667. The van der Waals surface area contributed by atoms with E-state index in [4.69, 9.17) is 9.47 Å². The van der Waals surface area contributed by atoms with Crippen LogP contribution in [0.2, 0.25) is 0 Å². The van der Waals surface area contributed by atoms with Crippen LogP contribution in [0.4, 0.5) is 4.79 Å². The Morgan fingerprint density at radius 1 is 0.935 bits per heavy atom. The second-order valence-electron chi connectivity index (χ2n) is 10.3. The summed E-state index contributed by atoms with van der Waals surface area (Å²) in [5, 5.41) is 0. The first-order valence-electron chi connectivity index (χ1n) is 11.8. The number of hydrogen-bond donors (Lipinski definition) is 0. The van der Waals surface area contributed by atoms with Crippen molar-refractivity contribution in [2.45, 2.75) is 89.6 Å². The highest BCUT2D eigenvalue weighted by Gasteiger charge is 2.46. The van der Waals surface area contributed by atoms with Crippen LogP contribution in [0.3, 0.4) is 0 Å². The maximum absolute atomic E-state index is 12.7. The Hall–Kier alpha value is -2.08. The number of carbonyl (C=O) groups excluding carboxylic acids is 2. The van der Waals surface area contributed by atoms with Crippen molar-refractivity contribution in [3.05, 3.63) is 35.9 Å². The molecule has 1 aromatic carbocycles. The maximum Gasteiger partial charge on any atom is 0.410 e. The lowest BCUT2D eigenvalue weighted by atomic mass is 9.91. The first kappa shape index (κ1) is 22.1. The van der Waals surface area contributed by atoms with Gasteiger partial charge in [-0.3, -0.25) is 4.79 Å². The molecule has 4 rings (SSSR count). The molecule has 0 saturated carbocycles. The molecule has 0 aromatic heterocycles. The third-order valence-electron chi connectivity index (χ3n) is 6.92. The highest BCUT2D eigenvalue weighted by Crippen LogP contribution is 2.39. The summed E-state index contributed by atoms with van der Waals surface area (Å²) < 4.78 is 11.2. The molecule has 0 spiro atoms. The van der Waals surface area contributed by atoms with Crippen molar-refractivity contribution in [2.24, 2.45) is 5.92 Å². The number of carbonyl (C=O) groups is 2. The van der Waals surface area contributed by atoms with Gasteiger partial charge in [0.2, 0.25) is 0 Å². The Morgan fingerprint density at radius 3 is 2.13 bits per heavy atom. The van der Waals surface area contributed by atoms with Gasteiger partial charge in [-0.1, -0.05) is 30.3 Å². The van der Waals surface area contributed by atoms with Crippen molar-refractivity contribution >= 4 is 12.1 Å². The van der Waals surface area contributed by atoms with E-state index in [9.17, 15) is 9.59 Å². The van der Waals surface area contributed by atoms with Crippen molar-refractivity contribution < 1.29 is 19.1 Å². The Kier molecular flexibility index (Phi) is 6.56. The van der Waals surface area contributed by atoms with E-state index in [1.807, 2.05) is 56.0 Å². The highest BCUT2D eigenvalue weighted by molar-refractivity contribution is 5.72. The third-order valence-corrected chi connectivity index (χ3v) is 6.92. The van der Waals surface area contributed by atoms with Crippen LogP contribution < -0.4 is 0 Å². The van der Waals surface area contributed by atoms with Gasteiger partial charge in [0.25, 0.3) is 0 Å². The first-order valence-corrected chi connectivity index (χ1v) is 11.8. The zero-order valence-corrected chi connectivity index (χ0v) is 19.1. The molecule has 6 heteroatoms. The van der Waals surface area contributed by atoms with E-state index >= 15 is 0 Å². The molecule has 0 radical (unpaired) electrons. The van der Waals surface area contributed by atoms with Gasteiger partial charge in [-0.2, -0.15) is 0 Å². The molecule has 2 bridgehead atoms. The molecule has 0 aliphatic carbocycles. The topological polar surface area (TPSA) is 59.1 Å². The molecule has 0 N–H and O–H groups in total. The van der Waals surface area contributed by atoms with Gasteiger partial charge >= 0.3 is 12.1 Å². The smallest absolute Gasteiger partial charge is 0.410 e. The zero-order valence-electron chi connectivity index (χ0n) is 19.1. The van der Waals surface area contributed by atoms with Crippen LogP contribution in [-0.4, -0.2) is 58.7 Å². The van der Waals surface area contributed by atoms with Crippen molar-refractivity contribution in [1.82, 2.24) is 9.80 Å². The molecular weight excluding hydrogens is 392 g/mol. The number of nitrogens with zero attached hydrogens (tertiary/aromatic N) is 2. The van der Waals surface area contributed by atoms with Gasteiger partial charge in [-0.15, -0.1) is 0 Å². The van der Waals surface area contributed by atoms with Crippen molar-refractivity contribution in [3.63, 3.8) is 0 Å². The fourth-order valence-corrected chi connectivity index (χ4v) is 5.41. The summed E-state index contributed by atoms with van der Waals surface area (Å²) in [5.41, 5.74) is 0.574. The summed E-state index contributed by atoms with van der Waals surface area (Å²) in [6.45, 7) is 7.99. The average molecular weight is 429 g/mol. The maximum atomic E-state index is 12.7. The molecule has 3 atom stereocenters. The molecule has 3 fully saturated rings. The standard InChI is InChI=1S/C25H36N2O4/c1-25(2,3)31-24(29)27-20-9-10-21(27)16-22(15-20)26-13-11-19(12-14-26)23(28)30-17-18-7-5-4-6-8-18/h4-8,19-22H,9-17H2,1-3H3/t20-,21+,22?. The van der Waals surface area contributed by atoms with Crippen LogP contribution in [0.15, 0.2) is 30.3 Å². The molecule has 1 amide bonds. The number of esters is 1. The Balaban J connectivity index is 1.25. The number of fused-ring (bicyclic) bond motifs is 2. The van der Waals surface area contributed by atoms with E-state index in [1.54, 1.807) is 0 Å². The van der Waals surface area contributed by atoms with Crippen LogP contribution in [0.5, 0.6) is 0 Å². The number of hydrogen-bond acceptors (Lipinski definition) is 5. The van der Waals surface area contributed by atoms with Gasteiger partial charge in [-0.25, -0.2) is 4.79 Å². The zero-order chi connectivity index (χ0) is 22.0. The van der Waals surface area contributed by atoms with Gasteiger partial charge in [0.15, 0.2) is 0 Å². The molecule has 3 heterocycles. The van der Waals surface area contributed by atoms with E-state index < -0.39 is 5.60 Å². The van der Waals surface area contributed by atoms with Gasteiger partial charge in [0, 0.05) is 18.1 Å². The van der Waals surface area contributed by atoms with E-state index in [1.165, 1.54) is 0 Å². The average Bonchev–Trinajstić information content (AvgIpc) is 3.01. The lowest BCUT2D eigenvalue weighted by molar-refractivity contribution is -0.152. The lowest BCUT2D eigenvalue weighted by Gasteiger charge is -2.45. The number of amides is 1. The van der Waals surface area contributed by atoms with Crippen molar-refractivity contribution in [2.75, 3.05) is 13.1 Å². The van der Waals surface area contributed by atoms with Crippen LogP contribution >= 0.6 is 0 Å². The fraction of sp³-hybridized carbons (Fsp3) is 0.680. The van der Waals surface area contributed by atoms with Crippen molar-refractivity contribution in [3.8, 4) is 0 Å². The lowest BCUT2D eigenvalue weighted by Crippen LogP contribution is -2.54. The van der Waals surface area contributed by atoms with E-state index in [-0.39, 0.29) is 30.1 Å². The number of rotatable bonds is 4. The molecule has 3 aliphatic heterocycles. The summed E-state index contributed by atoms with van der Waals surface area (Å²) in [6, 6.07) is 10.9. The van der Waals surface area contributed by atoms with Gasteiger partial charge in [0.1, 0.15) is 12.2 Å². The Bertz CT molecular complexity index is 753. The van der Waals surface area contributed by atoms with E-state index in [0.29, 0.717) is 12.6 Å². The summed E-state index contributed by atoms with van der Waals surface area (Å²) >= 11 is 0. The number of piperidine rings is 2. The largest absolute Gasteiger partial charge is 0.461 e. The highest BCUT2D eigenvalue weighted by atomic mass is 16.6. The van der Waals surface area contributed by atoms with Crippen LogP contribution in [0.25, 0.3) is 0 Å². The summed E-state index contributed by atoms with van der Waals surface area (Å²) in [7, 11) is 0. The third kappa shape index (κ3) is 5.40. The predicted molar refractivity (Wildman–Crippen MR) is 118 cm³/mol. The van der Waals surface area contributed by atoms with Gasteiger partial charge in [-0.05, 0) is 77.9 Å². The molecule has 6 nitrogen and oxygen atoms in total. The summed E-state index contributed by atoms with van der Waals surface area (Å²) in [6.07, 6.45) is 5.73. The van der Waals surface area contributed by atoms with Gasteiger partial charge < -0.3 is 19.3 Å². The van der Waals surface area contributed by atoms with Crippen LogP contribution in [0, 0.1) is 5.92 Å². The van der Waals surface area contributed by atoms with Gasteiger partial charge in [0.05, 0.1) is 5.92 Å². The molecule has 3 aliphatic rings. The fourth-order valence-electron chi connectivity index (χ4n) is 5.41. The monoisotopic (exact) mass is 428 g/mol. The SMILES string of the molecule is CC(C)(C)OC(=O)N1[C@@H]2CC[C@H]1CC(N1CCC(C(=O)OCc3ccccc3)CC1)C2. The molecular formula is C25H36N2O4. The molecule has 170 valence electrons. The molecule has 31 heavy (non-hydrogen) atoms. The minimum absolute atomic E-state index is 0.00135. The summed E-state index contributed by atoms with van der Waals surface area (Å²) in [5.74, 6) is -0.0677. The first-order chi connectivity index (χ1) is 14.8.